The Bertz CT molecular complexity index is 314. The first-order valence-electron chi connectivity index (χ1n) is 5.07. The quantitative estimate of drug-likeness (QED) is 0.752. The van der Waals surface area contributed by atoms with Crippen LogP contribution in [0.5, 0.6) is 0 Å². The zero-order valence-corrected chi connectivity index (χ0v) is 10.3. The second kappa shape index (κ2) is 5.12. The number of rotatable bonds is 2. The summed E-state index contributed by atoms with van der Waals surface area (Å²) in [6.45, 7) is 7.03. The Labute approximate surface area is 97.1 Å². The van der Waals surface area contributed by atoms with Gasteiger partial charge < -0.3 is 10.6 Å². The Hall–Kier alpha value is -1.09. The number of nitrogens with one attached hydrogen (secondary N) is 2. The molecule has 3 heteroatoms. The topological polar surface area (TPSA) is 24.1 Å². The summed E-state index contributed by atoms with van der Waals surface area (Å²) in [5.41, 5.74) is 1.25. The van der Waals surface area contributed by atoms with Gasteiger partial charge in [-0.25, -0.2) is 0 Å². The van der Waals surface area contributed by atoms with Gasteiger partial charge in [0.05, 0.1) is 0 Å². The Morgan fingerprint density at radius 2 is 1.80 bits per heavy atom. The lowest BCUT2D eigenvalue weighted by Gasteiger charge is -2.23. The van der Waals surface area contributed by atoms with Crippen molar-refractivity contribution in [3.05, 3.63) is 35.9 Å². The van der Waals surface area contributed by atoms with Crippen LogP contribution in [0.1, 0.15) is 26.3 Å². The second-order valence-corrected chi connectivity index (χ2v) is 4.95. The average Bonchev–Trinajstić information content (AvgIpc) is 2.14. The van der Waals surface area contributed by atoms with Crippen LogP contribution >= 0.6 is 12.2 Å². The van der Waals surface area contributed by atoms with Crippen LogP contribution < -0.4 is 10.6 Å². The van der Waals surface area contributed by atoms with Crippen LogP contribution in [-0.4, -0.2) is 10.7 Å². The maximum absolute atomic E-state index is 5.18. The number of benzene rings is 1. The van der Waals surface area contributed by atoms with Crippen molar-refractivity contribution in [2.75, 3.05) is 0 Å². The van der Waals surface area contributed by atoms with Crippen molar-refractivity contribution in [1.29, 1.82) is 0 Å². The lowest BCUT2D eigenvalue weighted by Crippen LogP contribution is -2.45. The molecule has 2 nitrogen and oxygen atoms in total. The smallest absolute Gasteiger partial charge is 0.166 e. The molecule has 0 unspecified atom stereocenters. The van der Waals surface area contributed by atoms with E-state index in [4.69, 9.17) is 12.2 Å². The van der Waals surface area contributed by atoms with E-state index in [0.29, 0.717) is 5.11 Å². The van der Waals surface area contributed by atoms with Gasteiger partial charge in [0.25, 0.3) is 0 Å². The van der Waals surface area contributed by atoms with Crippen LogP contribution in [0.3, 0.4) is 0 Å². The van der Waals surface area contributed by atoms with Crippen molar-refractivity contribution in [2.45, 2.75) is 32.9 Å². The second-order valence-electron chi connectivity index (χ2n) is 4.54. The fraction of sp³-hybridized carbons (Fsp3) is 0.417. The van der Waals surface area contributed by atoms with Gasteiger partial charge in [-0.2, -0.15) is 0 Å². The summed E-state index contributed by atoms with van der Waals surface area (Å²) in [4.78, 5) is 0. The third-order valence-electron chi connectivity index (χ3n) is 1.78. The van der Waals surface area contributed by atoms with Gasteiger partial charge in [-0.3, -0.25) is 0 Å². The van der Waals surface area contributed by atoms with Crippen LogP contribution in [0.25, 0.3) is 0 Å². The molecular weight excluding hydrogens is 204 g/mol. The monoisotopic (exact) mass is 222 g/mol. The maximum Gasteiger partial charge on any atom is 0.166 e. The van der Waals surface area contributed by atoms with Crippen molar-refractivity contribution < 1.29 is 0 Å². The Morgan fingerprint density at radius 1 is 1.20 bits per heavy atom. The molecule has 0 saturated carbocycles. The van der Waals surface area contributed by atoms with Crippen molar-refractivity contribution in [1.82, 2.24) is 10.6 Å². The Balaban J connectivity index is 2.35. The summed E-state index contributed by atoms with van der Waals surface area (Å²) < 4.78 is 0. The van der Waals surface area contributed by atoms with Gasteiger partial charge in [0.1, 0.15) is 0 Å². The first-order valence-corrected chi connectivity index (χ1v) is 5.48. The fourth-order valence-corrected chi connectivity index (χ4v) is 1.54. The van der Waals surface area contributed by atoms with Gasteiger partial charge in [-0.1, -0.05) is 30.3 Å². The number of thiocarbonyl (C=S) groups is 1. The lowest BCUT2D eigenvalue weighted by atomic mass is 10.1. The van der Waals surface area contributed by atoms with E-state index in [-0.39, 0.29) is 5.54 Å². The van der Waals surface area contributed by atoms with E-state index in [9.17, 15) is 0 Å². The first-order chi connectivity index (χ1) is 6.97. The molecule has 82 valence electrons. The first kappa shape index (κ1) is 12.0. The van der Waals surface area contributed by atoms with Crippen molar-refractivity contribution in [3.63, 3.8) is 0 Å². The predicted octanol–water partition coefficient (Wildman–Crippen LogP) is 2.45. The minimum Gasteiger partial charge on any atom is -0.359 e. The van der Waals surface area contributed by atoms with E-state index in [2.05, 4.69) is 43.5 Å². The van der Waals surface area contributed by atoms with Gasteiger partial charge in [0.15, 0.2) is 5.11 Å². The standard InChI is InChI=1S/C12H18N2S/c1-12(2,3)14-11(15)13-9-10-7-5-4-6-8-10/h4-8H,9H2,1-3H3,(H2,13,14,15). The molecular formula is C12H18N2S. The van der Waals surface area contributed by atoms with Gasteiger partial charge in [0.2, 0.25) is 0 Å². The third kappa shape index (κ3) is 5.37. The lowest BCUT2D eigenvalue weighted by molar-refractivity contribution is 0.506. The highest BCUT2D eigenvalue weighted by Gasteiger charge is 2.10. The molecule has 0 radical (unpaired) electrons. The zero-order valence-electron chi connectivity index (χ0n) is 9.50. The molecule has 15 heavy (non-hydrogen) atoms. The minimum absolute atomic E-state index is 0.0147. The van der Waals surface area contributed by atoms with Crippen LogP contribution in [0.15, 0.2) is 30.3 Å². The summed E-state index contributed by atoms with van der Waals surface area (Å²) in [5, 5.41) is 7.09. The van der Waals surface area contributed by atoms with Gasteiger partial charge in [-0.15, -0.1) is 0 Å². The number of hydrogen-bond acceptors (Lipinski definition) is 1. The molecule has 0 aliphatic rings. The summed E-state index contributed by atoms with van der Waals surface area (Å²) in [5.74, 6) is 0. The summed E-state index contributed by atoms with van der Waals surface area (Å²) in [7, 11) is 0. The van der Waals surface area contributed by atoms with Crippen LogP contribution in [0.4, 0.5) is 0 Å². The zero-order chi connectivity index (χ0) is 11.3. The maximum atomic E-state index is 5.18. The average molecular weight is 222 g/mol. The van der Waals surface area contributed by atoms with Crippen LogP contribution in [0.2, 0.25) is 0 Å². The van der Waals surface area contributed by atoms with Crippen molar-refractivity contribution >= 4 is 17.3 Å². The van der Waals surface area contributed by atoms with Gasteiger partial charge in [-0.05, 0) is 38.6 Å². The van der Waals surface area contributed by atoms with E-state index >= 15 is 0 Å². The molecule has 0 saturated heterocycles. The summed E-state index contributed by atoms with van der Waals surface area (Å²) in [6.07, 6.45) is 0. The van der Waals surface area contributed by atoms with Gasteiger partial charge >= 0.3 is 0 Å². The SMILES string of the molecule is CC(C)(C)NC(=S)NCc1ccccc1. The third-order valence-corrected chi connectivity index (χ3v) is 2.03. The molecule has 0 heterocycles. The molecule has 1 aromatic carbocycles. The minimum atomic E-state index is 0.0147. The van der Waals surface area contributed by atoms with Crippen molar-refractivity contribution in [3.8, 4) is 0 Å². The van der Waals surface area contributed by atoms with Crippen molar-refractivity contribution in [2.24, 2.45) is 0 Å². The molecule has 0 fully saturated rings. The Kier molecular flexibility index (Phi) is 4.09. The van der Waals surface area contributed by atoms with Crippen LogP contribution in [0, 0.1) is 0 Å². The fourth-order valence-electron chi connectivity index (χ4n) is 1.16. The van der Waals surface area contributed by atoms with Crippen LogP contribution in [-0.2, 0) is 6.54 Å². The van der Waals surface area contributed by atoms with E-state index in [1.54, 1.807) is 0 Å². The molecule has 2 N–H and O–H groups in total. The number of hydrogen-bond donors (Lipinski definition) is 2. The normalized spacial score (nSPS) is 10.9. The van der Waals surface area contributed by atoms with E-state index < -0.39 is 0 Å². The highest BCUT2D eigenvalue weighted by atomic mass is 32.1. The highest BCUT2D eigenvalue weighted by Crippen LogP contribution is 1.99. The van der Waals surface area contributed by atoms with Gasteiger partial charge in [0, 0.05) is 12.1 Å². The molecule has 0 atom stereocenters. The van der Waals surface area contributed by atoms with E-state index in [0.717, 1.165) is 6.54 Å². The van der Waals surface area contributed by atoms with E-state index in [1.165, 1.54) is 5.56 Å². The summed E-state index contributed by atoms with van der Waals surface area (Å²) in [6, 6.07) is 10.2. The molecule has 0 aliphatic heterocycles. The van der Waals surface area contributed by atoms with E-state index in [1.807, 2.05) is 18.2 Å². The molecule has 1 aromatic rings. The highest BCUT2D eigenvalue weighted by molar-refractivity contribution is 7.80. The molecule has 1 rings (SSSR count). The molecule has 0 spiro atoms. The predicted molar refractivity (Wildman–Crippen MR) is 68.8 cm³/mol. The Morgan fingerprint density at radius 3 is 2.33 bits per heavy atom. The molecule has 0 aliphatic carbocycles. The molecule has 0 amide bonds. The largest absolute Gasteiger partial charge is 0.359 e. The summed E-state index contributed by atoms with van der Waals surface area (Å²) >= 11 is 5.18. The molecule has 0 aromatic heterocycles. The molecule has 0 bridgehead atoms.